The maximum atomic E-state index is 14.0. The van der Waals surface area contributed by atoms with Crippen molar-refractivity contribution in [1.29, 1.82) is 0 Å². The predicted molar refractivity (Wildman–Crippen MR) is 81.3 cm³/mol. The van der Waals surface area contributed by atoms with Crippen LogP contribution in [0.25, 0.3) is 22.2 Å². The van der Waals surface area contributed by atoms with Gasteiger partial charge in [0.25, 0.3) is 0 Å². The number of aromatic amines is 1. The van der Waals surface area contributed by atoms with E-state index < -0.39 is 23.6 Å². The fraction of sp³-hybridized carbons (Fsp3) is 0.118. The monoisotopic (exact) mass is 335 g/mol. The van der Waals surface area contributed by atoms with E-state index in [0.717, 1.165) is 12.1 Å². The van der Waals surface area contributed by atoms with Gasteiger partial charge in [0.05, 0.1) is 12.1 Å². The molecule has 0 unspecified atom stereocenters. The Morgan fingerprint density at radius 1 is 1.08 bits per heavy atom. The second-order valence-electron chi connectivity index (χ2n) is 5.16. The highest BCUT2D eigenvalue weighted by molar-refractivity contribution is 5.91. The van der Waals surface area contributed by atoms with Gasteiger partial charge in [0, 0.05) is 23.6 Å². The molecule has 0 amide bonds. The predicted octanol–water partition coefficient (Wildman–Crippen LogP) is 4.49. The van der Waals surface area contributed by atoms with Gasteiger partial charge < -0.3 is 14.8 Å². The fourth-order valence-electron chi connectivity index (χ4n) is 2.64. The highest BCUT2D eigenvalue weighted by Gasteiger charge is 2.17. The van der Waals surface area contributed by atoms with Crippen LogP contribution >= 0.6 is 0 Å². The zero-order chi connectivity index (χ0) is 17.3. The lowest BCUT2D eigenvalue weighted by molar-refractivity contribution is 0.0928. The molecule has 0 spiro atoms. The third kappa shape index (κ3) is 3.05. The van der Waals surface area contributed by atoms with E-state index in [1.165, 1.54) is 24.3 Å². The number of rotatable bonds is 4. The van der Waals surface area contributed by atoms with Crippen molar-refractivity contribution < 1.29 is 27.8 Å². The van der Waals surface area contributed by atoms with Crippen molar-refractivity contribution in [3.05, 3.63) is 59.4 Å². The van der Waals surface area contributed by atoms with Crippen LogP contribution in [-0.2, 0) is 11.2 Å². The molecule has 0 atom stereocenters. The van der Waals surface area contributed by atoms with Crippen molar-refractivity contribution in [3.8, 4) is 11.3 Å². The first-order valence-corrected chi connectivity index (χ1v) is 7.07. The number of ether oxygens (including phenoxy) is 1. The third-order valence-electron chi connectivity index (χ3n) is 3.64. The van der Waals surface area contributed by atoms with E-state index in [1.807, 2.05) is 0 Å². The number of aromatic nitrogens is 1. The van der Waals surface area contributed by atoms with E-state index in [2.05, 4.69) is 9.72 Å². The quantitative estimate of drug-likeness (QED) is 0.691. The minimum Gasteiger partial charge on any atom is -0.450 e. The van der Waals surface area contributed by atoms with Crippen molar-refractivity contribution in [2.75, 3.05) is 6.61 Å². The summed E-state index contributed by atoms with van der Waals surface area (Å²) in [6.45, 7) is -0.172. The number of hydrogen-bond donors (Lipinski definition) is 2. The molecule has 3 rings (SSSR count). The van der Waals surface area contributed by atoms with E-state index in [0.29, 0.717) is 22.2 Å². The maximum absolute atomic E-state index is 14.0. The van der Waals surface area contributed by atoms with Gasteiger partial charge in [-0.05, 0) is 41.5 Å². The Balaban J connectivity index is 2.13. The first-order valence-electron chi connectivity index (χ1n) is 7.07. The number of H-pyrrole nitrogens is 1. The zero-order valence-electron chi connectivity index (χ0n) is 12.3. The molecule has 0 radical (unpaired) electrons. The van der Waals surface area contributed by atoms with Crippen molar-refractivity contribution in [3.63, 3.8) is 0 Å². The number of fused-ring (bicyclic) bond motifs is 1. The molecule has 3 aromatic rings. The minimum atomic E-state index is -1.43. The maximum Gasteiger partial charge on any atom is 0.505 e. The zero-order valence-corrected chi connectivity index (χ0v) is 12.3. The van der Waals surface area contributed by atoms with Gasteiger partial charge in [0.1, 0.15) is 17.5 Å². The summed E-state index contributed by atoms with van der Waals surface area (Å²) in [5.41, 5.74) is 1.62. The summed E-state index contributed by atoms with van der Waals surface area (Å²) in [5.74, 6) is -1.94. The summed E-state index contributed by atoms with van der Waals surface area (Å²) >= 11 is 0. The van der Waals surface area contributed by atoms with Crippen molar-refractivity contribution in [2.45, 2.75) is 6.42 Å². The molecule has 0 bridgehead atoms. The molecular weight excluding hydrogens is 323 g/mol. The molecule has 2 N–H and O–H groups in total. The Kier molecular flexibility index (Phi) is 4.16. The van der Waals surface area contributed by atoms with Crippen LogP contribution in [0, 0.1) is 17.5 Å². The summed E-state index contributed by atoms with van der Waals surface area (Å²) in [6.07, 6.45) is -1.32. The van der Waals surface area contributed by atoms with Gasteiger partial charge in [0.2, 0.25) is 0 Å². The molecule has 24 heavy (non-hydrogen) atoms. The van der Waals surface area contributed by atoms with Crippen LogP contribution in [0.3, 0.4) is 0 Å². The van der Waals surface area contributed by atoms with Gasteiger partial charge in [-0.25, -0.2) is 18.0 Å². The molecule has 0 aliphatic heterocycles. The topological polar surface area (TPSA) is 62.3 Å². The second kappa shape index (κ2) is 6.27. The molecule has 0 saturated heterocycles. The lowest BCUT2D eigenvalue weighted by Crippen LogP contribution is -2.04. The summed E-state index contributed by atoms with van der Waals surface area (Å²) in [5, 5.41) is 8.86. The van der Waals surface area contributed by atoms with Crippen molar-refractivity contribution in [1.82, 2.24) is 4.98 Å². The third-order valence-corrected chi connectivity index (χ3v) is 3.64. The van der Waals surface area contributed by atoms with Gasteiger partial charge in [0.15, 0.2) is 0 Å². The Hall–Kier alpha value is -2.96. The molecular formula is C17H12F3NO3. The summed E-state index contributed by atoms with van der Waals surface area (Å²) in [7, 11) is 0. The Bertz CT molecular complexity index is 904. The van der Waals surface area contributed by atoms with E-state index >= 15 is 0 Å². The van der Waals surface area contributed by atoms with E-state index in [-0.39, 0.29) is 18.5 Å². The normalized spacial score (nSPS) is 11.0. The number of carbonyl (C=O) groups is 1. The Labute approximate surface area is 134 Å². The van der Waals surface area contributed by atoms with Crippen LogP contribution in [0.2, 0.25) is 0 Å². The average molecular weight is 335 g/mol. The fourth-order valence-corrected chi connectivity index (χ4v) is 2.64. The number of halogens is 3. The molecule has 1 heterocycles. The Morgan fingerprint density at radius 2 is 1.79 bits per heavy atom. The molecule has 0 saturated carbocycles. The van der Waals surface area contributed by atoms with Gasteiger partial charge >= 0.3 is 6.16 Å². The van der Waals surface area contributed by atoms with Gasteiger partial charge in [-0.3, -0.25) is 0 Å². The van der Waals surface area contributed by atoms with Crippen LogP contribution in [0.15, 0.2) is 36.4 Å². The lowest BCUT2D eigenvalue weighted by Gasteiger charge is -2.05. The first kappa shape index (κ1) is 15.9. The van der Waals surface area contributed by atoms with Crippen LogP contribution in [0.4, 0.5) is 18.0 Å². The number of hydrogen-bond acceptors (Lipinski definition) is 2. The van der Waals surface area contributed by atoms with Gasteiger partial charge in [-0.2, -0.15) is 0 Å². The average Bonchev–Trinajstić information content (AvgIpc) is 2.87. The van der Waals surface area contributed by atoms with Gasteiger partial charge in [-0.15, -0.1) is 0 Å². The van der Waals surface area contributed by atoms with Crippen molar-refractivity contribution >= 4 is 17.1 Å². The number of benzene rings is 2. The molecule has 1 aromatic heterocycles. The molecule has 0 aliphatic carbocycles. The molecule has 124 valence electrons. The highest BCUT2D eigenvalue weighted by atomic mass is 19.1. The molecule has 0 aliphatic rings. The smallest absolute Gasteiger partial charge is 0.450 e. The van der Waals surface area contributed by atoms with Crippen LogP contribution < -0.4 is 0 Å². The van der Waals surface area contributed by atoms with Gasteiger partial charge in [-0.1, -0.05) is 0 Å². The molecule has 7 heteroatoms. The van der Waals surface area contributed by atoms with Crippen LogP contribution in [0.5, 0.6) is 0 Å². The summed E-state index contributed by atoms with van der Waals surface area (Å²) < 4.78 is 45.2. The summed E-state index contributed by atoms with van der Waals surface area (Å²) in [6, 6.07) is 7.40. The van der Waals surface area contributed by atoms with E-state index in [9.17, 15) is 18.0 Å². The van der Waals surface area contributed by atoms with E-state index in [4.69, 9.17) is 5.11 Å². The second-order valence-corrected chi connectivity index (χ2v) is 5.16. The Morgan fingerprint density at radius 3 is 2.46 bits per heavy atom. The standard InChI is InChI=1S/C17H12F3NO3/c18-10-3-1-9(2-4-10)15-12(5-6-24-17(22)23)13-7-11(19)8-14(20)16(13)21-15/h1-4,7-8,21H,5-6H2,(H,22,23). The lowest BCUT2D eigenvalue weighted by atomic mass is 10.0. The molecule has 0 fully saturated rings. The molecule has 2 aromatic carbocycles. The first-order chi connectivity index (χ1) is 11.5. The highest BCUT2D eigenvalue weighted by Crippen LogP contribution is 2.32. The van der Waals surface area contributed by atoms with Crippen LogP contribution in [-0.4, -0.2) is 22.9 Å². The van der Waals surface area contributed by atoms with Crippen molar-refractivity contribution in [2.24, 2.45) is 0 Å². The minimum absolute atomic E-state index is 0.0982. The number of nitrogens with one attached hydrogen (secondary N) is 1. The SMILES string of the molecule is O=C(O)OCCc1c(-c2ccc(F)cc2)[nH]c2c(F)cc(F)cc12. The molecule has 4 nitrogen and oxygen atoms in total. The summed E-state index contributed by atoms with van der Waals surface area (Å²) in [4.78, 5) is 13.4. The number of carboxylic acid groups (broad SMARTS) is 1. The van der Waals surface area contributed by atoms with E-state index in [1.54, 1.807) is 0 Å². The largest absolute Gasteiger partial charge is 0.505 e. The van der Waals surface area contributed by atoms with Crippen LogP contribution in [0.1, 0.15) is 5.56 Å².